The summed E-state index contributed by atoms with van der Waals surface area (Å²) in [6.45, 7) is 4.41. The number of carbonyl (C=O) groups excluding carboxylic acids is 1. The fourth-order valence-corrected chi connectivity index (χ4v) is 4.34. The number of rotatable bonds is 6. The lowest BCUT2D eigenvalue weighted by molar-refractivity contribution is -0.149. The van der Waals surface area contributed by atoms with Gasteiger partial charge >= 0.3 is 5.97 Å². The van der Waals surface area contributed by atoms with Crippen molar-refractivity contribution < 1.29 is 18.9 Å². The highest BCUT2D eigenvalue weighted by atomic mass is 32.2. The second kappa shape index (κ2) is 6.05. The minimum absolute atomic E-state index is 0.00575. The maximum atomic E-state index is 12.1. The molecule has 20 heavy (non-hydrogen) atoms. The van der Waals surface area contributed by atoms with E-state index < -0.39 is 28.2 Å². The highest BCUT2D eigenvalue weighted by Crippen LogP contribution is 2.34. The van der Waals surface area contributed by atoms with Gasteiger partial charge in [-0.1, -0.05) is 19.8 Å². The maximum Gasteiger partial charge on any atom is 0.352 e. The van der Waals surface area contributed by atoms with Crippen LogP contribution in [-0.2, 0) is 20.4 Å². The molecule has 0 aromatic heterocycles. The van der Waals surface area contributed by atoms with Crippen LogP contribution in [0, 0.1) is 0 Å². The lowest BCUT2D eigenvalue weighted by Crippen LogP contribution is -2.73. The summed E-state index contributed by atoms with van der Waals surface area (Å²) < 4.78 is 12.1. The van der Waals surface area contributed by atoms with E-state index in [9.17, 15) is 18.9 Å². The first-order chi connectivity index (χ1) is 9.49. The number of hydrogen-bond acceptors (Lipinski definition) is 4. The third kappa shape index (κ3) is 2.52. The molecular weight excluding hydrogens is 280 g/mol. The molecule has 1 saturated heterocycles. The van der Waals surface area contributed by atoms with Gasteiger partial charge in [0.05, 0.1) is 10.8 Å². The minimum Gasteiger partial charge on any atom is -0.477 e. The second-order valence-corrected chi connectivity index (χ2v) is 6.73. The molecule has 3 atom stereocenters. The maximum absolute atomic E-state index is 12.1. The zero-order chi connectivity index (χ0) is 14.9. The van der Waals surface area contributed by atoms with Crippen molar-refractivity contribution in [2.75, 3.05) is 12.3 Å². The van der Waals surface area contributed by atoms with E-state index in [2.05, 4.69) is 12.2 Å². The second-order valence-electron chi connectivity index (χ2n) is 5.20. The molecule has 6 nitrogen and oxygen atoms in total. The molecule has 0 aromatic carbocycles. The van der Waals surface area contributed by atoms with Gasteiger partial charge in [-0.15, -0.1) is 0 Å². The van der Waals surface area contributed by atoms with Crippen LogP contribution in [0.15, 0.2) is 11.3 Å². The number of amides is 1. The molecule has 0 aromatic rings. The van der Waals surface area contributed by atoms with E-state index in [0.717, 1.165) is 19.3 Å². The van der Waals surface area contributed by atoms with Crippen molar-refractivity contribution in [3.63, 3.8) is 0 Å². The molecule has 2 heterocycles. The monoisotopic (exact) mass is 300 g/mol. The molecule has 1 unspecified atom stereocenters. The third-order valence-electron chi connectivity index (χ3n) is 3.66. The van der Waals surface area contributed by atoms with E-state index in [1.54, 1.807) is 6.92 Å². The van der Waals surface area contributed by atoms with Gasteiger partial charge in [-0.25, -0.2) is 4.79 Å². The number of fused-ring (bicyclic) bond motifs is 1. The van der Waals surface area contributed by atoms with Gasteiger partial charge < -0.3 is 10.4 Å². The highest BCUT2D eigenvalue weighted by molar-refractivity contribution is 7.86. The summed E-state index contributed by atoms with van der Waals surface area (Å²) in [4.78, 5) is 24.5. The molecule has 112 valence electrons. The quantitative estimate of drug-likeness (QED) is 0.548. The Morgan fingerprint density at radius 2 is 2.20 bits per heavy atom. The summed E-state index contributed by atoms with van der Waals surface area (Å²) in [5.41, 5.74) is 0.510. The van der Waals surface area contributed by atoms with Gasteiger partial charge in [-0.2, -0.15) is 0 Å². The van der Waals surface area contributed by atoms with Crippen molar-refractivity contribution in [1.29, 1.82) is 0 Å². The van der Waals surface area contributed by atoms with Crippen LogP contribution >= 0.6 is 0 Å². The predicted octanol–water partition coefficient (Wildman–Crippen LogP) is 0.424. The number of carboxylic acids is 1. The third-order valence-corrected chi connectivity index (χ3v) is 5.40. The predicted molar refractivity (Wildman–Crippen MR) is 75.3 cm³/mol. The van der Waals surface area contributed by atoms with Gasteiger partial charge in [-0.05, 0) is 25.5 Å². The minimum atomic E-state index is -1.23. The van der Waals surface area contributed by atoms with Crippen LogP contribution in [0.5, 0.6) is 0 Å². The molecule has 0 saturated carbocycles. The van der Waals surface area contributed by atoms with Gasteiger partial charge in [0.15, 0.2) is 0 Å². The molecule has 1 amide bonds. The molecule has 0 bridgehead atoms. The summed E-state index contributed by atoms with van der Waals surface area (Å²) in [5.74, 6) is -1.18. The Morgan fingerprint density at radius 3 is 2.80 bits per heavy atom. The zero-order valence-electron chi connectivity index (χ0n) is 11.7. The van der Waals surface area contributed by atoms with Crippen molar-refractivity contribution in [3.8, 4) is 0 Å². The van der Waals surface area contributed by atoms with E-state index in [1.165, 1.54) is 4.90 Å². The fourth-order valence-electron chi connectivity index (χ4n) is 2.65. The van der Waals surface area contributed by atoms with Gasteiger partial charge in [-0.3, -0.25) is 13.9 Å². The Morgan fingerprint density at radius 1 is 1.50 bits per heavy atom. The lowest BCUT2D eigenvalue weighted by atomic mass is 10.0. The standard InChI is InChI=1S/C13H20N2O4S/c1-3-4-5-6-14-9-11(16)15-10(13(17)18)8(2)7-20(19)12(9)15/h9,12,14H,3-7H2,1-2H3,(H,17,18)/t9-,12+,20?/m1/s1. The number of aliphatic carboxylic acids is 1. The Balaban J connectivity index is 2.08. The highest BCUT2D eigenvalue weighted by Gasteiger charge is 2.55. The summed E-state index contributed by atoms with van der Waals surface area (Å²) in [6.07, 6.45) is 3.12. The number of unbranched alkanes of at least 4 members (excludes halogenated alkanes) is 2. The number of nitrogens with one attached hydrogen (secondary N) is 1. The molecule has 2 N–H and O–H groups in total. The Kier molecular flexibility index (Phi) is 4.59. The number of β-lactam (4-membered cyclic amide) rings is 1. The molecule has 0 spiro atoms. The number of carboxylic acid groups (broad SMARTS) is 1. The van der Waals surface area contributed by atoms with Crippen molar-refractivity contribution in [2.24, 2.45) is 0 Å². The van der Waals surface area contributed by atoms with Crippen LogP contribution in [0.1, 0.15) is 33.1 Å². The molecule has 2 aliphatic heterocycles. The van der Waals surface area contributed by atoms with Crippen LogP contribution in [0.4, 0.5) is 0 Å². The molecule has 0 radical (unpaired) electrons. The molecular formula is C13H20N2O4S. The van der Waals surface area contributed by atoms with E-state index in [4.69, 9.17) is 0 Å². The Hall–Kier alpha value is -1.21. The van der Waals surface area contributed by atoms with Crippen LogP contribution in [-0.4, -0.2) is 49.8 Å². The summed E-state index contributed by atoms with van der Waals surface area (Å²) in [5, 5.41) is 11.8. The van der Waals surface area contributed by atoms with E-state index >= 15 is 0 Å². The Labute approximate surface area is 120 Å². The molecule has 0 aliphatic carbocycles. The molecule has 2 aliphatic rings. The van der Waals surface area contributed by atoms with Crippen molar-refractivity contribution in [3.05, 3.63) is 11.3 Å². The average Bonchev–Trinajstić information content (AvgIpc) is 2.38. The van der Waals surface area contributed by atoms with Crippen LogP contribution in [0.3, 0.4) is 0 Å². The van der Waals surface area contributed by atoms with Gasteiger partial charge in [0.1, 0.15) is 17.1 Å². The van der Waals surface area contributed by atoms with Gasteiger partial charge in [0.2, 0.25) is 5.91 Å². The first-order valence-electron chi connectivity index (χ1n) is 6.85. The largest absolute Gasteiger partial charge is 0.477 e. The normalized spacial score (nSPS) is 29.2. The average molecular weight is 300 g/mol. The van der Waals surface area contributed by atoms with E-state index in [-0.39, 0.29) is 17.4 Å². The summed E-state index contributed by atoms with van der Waals surface area (Å²) >= 11 is 0. The van der Waals surface area contributed by atoms with Gasteiger partial charge in [0.25, 0.3) is 0 Å². The summed E-state index contributed by atoms with van der Waals surface area (Å²) in [6, 6.07) is -0.505. The SMILES string of the molecule is CCCCCN[C@@H]1C(=O)N2C(C(=O)O)=C(C)CS(=O)[C@@H]12. The number of nitrogens with zero attached hydrogens (tertiary/aromatic N) is 1. The van der Waals surface area contributed by atoms with Crippen molar-refractivity contribution in [2.45, 2.75) is 44.5 Å². The van der Waals surface area contributed by atoms with Gasteiger partial charge in [0, 0.05) is 5.75 Å². The smallest absolute Gasteiger partial charge is 0.352 e. The topological polar surface area (TPSA) is 86.7 Å². The number of carbonyl (C=O) groups is 2. The first-order valence-corrected chi connectivity index (χ1v) is 8.24. The lowest BCUT2D eigenvalue weighted by Gasteiger charge is -2.49. The first kappa shape index (κ1) is 15.2. The van der Waals surface area contributed by atoms with Crippen molar-refractivity contribution in [1.82, 2.24) is 10.2 Å². The fraction of sp³-hybridized carbons (Fsp3) is 0.692. The molecule has 7 heteroatoms. The molecule has 2 rings (SSSR count). The van der Waals surface area contributed by atoms with Crippen LogP contribution < -0.4 is 5.32 Å². The van der Waals surface area contributed by atoms with Crippen LogP contribution in [0.25, 0.3) is 0 Å². The summed E-state index contributed by atoms with van der Waals surface area (Å²) in [7, 11) is -1.23. The Bertz CT molecular complexity index is 489. The van der Waals surface area contributed by atoms with Crippen molar-refractivity contribution >= 4 is 22.7 Å². The van der Waals surface area contributed by atoms with Crippen LogP contribution in [0.2, 0.25) is 0 Å². The number of hydrogen-bond donors (Lipinski definition) is 2. The molecule has 1 fully saturated rings. The zero-order valence-corrected chi connectivity index (χ0v) is 12.5. The van der Waals surface area contributed by atoms with E-state index in [0.29, 0.717) is 12.1 Å². The van der Waals surface area contributed by atoms with E-state index in [1.807, 2.05) is 0 Å².